The van der Waals surface area contributed by atoms with Crippen molar-refractivity contribution in [3.8, 4) is 0 Å². The highest BCUT2D eigenvalue weighted by atomic mass is 16.3. The van der Waals surface area contributed by atoms with Gasteiger partial charge in [0.1, 0.15) is 0 Å². The first-order valence-electron chi connectivity index (χ1n) is 9.11. The van der Waals surface area contributed by atoms with E-state index in [1.165, 1.54) is 12.7 Å². The lowest BCUT2D eigenvalue weighted by Gasteiger charge is -2.19. The normalized spacial score (nSPS) is 28.4. The summed E-state index contributed by atoms with van der Waals surface area (Å²) in [6, 6.07) is 10.4. The first-order valence-corrected chi connectivity index (χ1v) is 9.11. The van der Waals surface area contributed by atoms with E-state index >= 15 is 0 Å². The Hall–Kier alpha value is -2.82. The Bertz CT molecular complexity index is 866. The number of allylic oxidation sites excluding steroid dienone is 2. The molecule has 0 unspecified atom stereocenters. The summed E-state index contributed by atoms with van der Waals surface area (Å²) < 4.78 is 5.10. The SMILES string of the molecule is O=C(Nc1cccc(C(=O)N2C[C@@H]3[C@H](C2)[C@H]2C=C[C@H]3C2)c1)c1ccco1. The van der Waals surface area contributed by atoms with Crippen LogP contribution in [-0.2, 0) is 0 Å². The van der Waals surface area contributed by atoms with Crippen LogP contribution in [0.2, 0.25) is 0 Å². The van der Waals surface area contributed by atoms with Crippen LogP contribution in [0.5, 0.6) is 0 Å². The minimum atomic E-state index is -0.321. The number of fused-ring (bicyclic) bond motifs is 5. The van der Waals surface area contributed by atoms with Crippen molar-refractivity contribution in [3.63, 3.8) is 0 Å². The van der Waals surface area contributed by atoms with E-state index in [2.05, 4.69) is 17.5 Å². The number of hydrogen-bond donors (Lipinski definition) is 1. The van der Waals surface area contributed by atoms with E-state index in [0.717, 1.165) is 13.1 Å². The zero-order valence-electron chi connectivity index (χ0n) is 14.3. The number of likely N-dealkylation sites (tertiary alicyclic amines) is 1. The van der Waals surface area contributed by atoms with Crippen LogP contribution in [-0.4, -0.2) is 29.8 Å². The fraction of sp³-hybridized carbons (Fsp3) is 0.333. The summed E-state index contributed by atoms with van der Waals surface area (Å²) in [7, 11) is 0. The molecule has 4 atom stereocenters. The van der Waals surface area contributed by atoms with Gasteiger partial charge in [0.25, 0.3) is 11.8 Å². The second-order valence-corrected chi connectivity index (χ2v) is 7.50. The largest absolute Gasteiger partial charge is 0.459 e. The molecule has 1 aromatic heterocycles. The van der Waals surface area contributed by atoms with Gasteiger partial charge in [0.15, 0.2) is 5.76 Å². The van der Waals surface area contributed by atoms with Crippen LogP contribution in [0.1, 0.15) is 27.3 Å². The Balaban J connectivity index is 1.30. The molecule has 1 aromatic carbocycles. The summed E-state index contributed by atoms with van der Waals surface area (Å²) in [6.07, 6.45) is 7.40. The van der Waals surface area contributed by atoms with Crippen molar-refractivity contribution in [2.75, 3.05) is 18.4 Å². The number of carbonyl (C=O) groups is 2. The van der Waals surface area contributed by atoms with E-state index in [4.69, 9.17) is 4.42 Å². The highest BCUT2D eigenvalue weighted by molar-refractivity contribution is 6.03. The first-order chi connectivity index (χ1) is 12.7. The standard InChI is InChI=1S/C21H20N2O3/c24-20(19-5-2-8-26-19)22-16-4-1-3-15(10-16)21(25)23-11-17-13-6-7-14(9-13)18(17)12-23/h1-8,10,13-14,17-18H,9,11-12H2,(H,22,24)/t13-,14-,17-,18+/m0/s1. The number of nitrogens with zero attached hydrogens (tertiary/aromatic N) is 1. The van der Waals surface area contributed by atoms with Gasteiger partial charge in [0, 0.05) is 24.3 Å². The summed E-state index contributed by atoms with van der Waals surface area (Å²) in [5.74, 6) is 2.53. The van der Waals surface area contributed by atoms with Gasteiger partial charge in [-0.05, 0) is 60.4 Å². The lowest BCUT2D eigenvalue weighted by atomic mass is 9.86. The van der Waals surface area contributed by atoms with Crippen LogP contribution in [0.4, 0.5) is 5.69 Å². The minimum absolute atomic E-state index is 0.0490. The number of carbonyl (C=O) groups excluding carboxylic acids is 2. The molecule has 1 N–H and O–H groups in total. The molecule has 26 heavy (non-hydrogen) atoms. The summed E-state index contributed by atoms with van der Waals surface area (Å²) >= 11 is 0. The molecule has 2 fully saturated rings. The van der Waals surface area contributed by atoms with Crippen molar-refractivity contribution in [1.29, 1.82) is 0 Å². The monoisotopic (exact) mass is 348 g/mol. The predicted molar refractivity (Wildman–Crippen MR) is 96.7 cm³/mol. The Morgan fingerprint density at radius 2 is 1.81 bits per heavy atom. The van der Waals surface area contributed by atoms with Gasteiger partial charge in [0.05, 0.1) is 6.26 Å². The van der Waals surface area contributed by atoms with Crippen molar-refractivity contribution in [1.82, 2.24) is 4.90 Å². The molecule has 1 aliphatic heterocycles. The zero-order chi connectivity index (χ0) is 17.7. The number of benzene rings is 1. The molecule has 2 amide bonds. The van der Waals surface area contributed by atoms with Gasteiger partial charge < -0.3 is 14.6 Å². The topological polar surface area (TPSA) is 62.6 Å². The predicted octanol–water partition coefficient (Wildman–Crippen LogP) is 3.43. The minimum Gasteiger partial charge on any atom is -0.459 e. The van der Waals surface area contributed by atoms with Gasteiger partial charge in [-0.2, -0.15) is 0 Å². The van der Waals surface area contributed by atoms with Crippen molar-refractivity contribution in [3.05, 3.63) is 66.1 Å². The van der Waals surface area contributed by atoms with Crippen LogP contribution in [0, 0.1) is 23.7 Å². The van der Waals surface area contributed by atoms with Crippen molar-refractivity contribution in [2.45, 2.75) is 6.42 Å². The quantitative estimate of drug-likeness (QED) is 0.865. The summed E-state index contributed by atoms with van der Waals surface area (Å²) in [5, 5.41) is 2.78. The molecule has 5 nitrogen and oxygen atoms in total. The molecule has 2 bridgehead atoms. The molecule has 5 heteroatoms. The molecule has 2 heterocycles. The summed E-state index contributed by atoms with van der Waals surface area (Å²) in [4.78, 5) is 27.1. The van der Waals surface area contributed by atoms with Crippen LogP contribution in [0.25, 0.3) is 0 Å². The summed E-state index contributed by atoms with van der Waals surface area (Å²) in [6.45, 7) is 1.69. The molecule has 132 valence electrons. The van der Waals surface area contributed by atoms with Gasteiger partial charge >= 0.3 is 0 Å². The highest BCUT2D eigenvalue weighted by Crippen LogP contribution is 2.51. The number of amides is 2. The maximum atomic E-state index is 13.0. The maximum absolute atomic E-state index is 13.0. The lowest BCUT2D eigenvalue weighted by Crippen LogP contribution is -2.30. The van der Waals surface area contributed by atoms with E-state index in [1.54, 1.807) is 30.3 Å². The Morgan fingerprint density at radius 3 is 2.50 bits per heavy atom. The van der Waals surface area contributed by atoms with Crippen LogP contribution in [0.15, 0.2) is 59.2 Å². The lowest BCUT2D eigenvalue weighted by molar-refractivity contribution is 0.0776. The maximum Gasteiger partial charge on any atom is 0.291 e. The second kappa shape index (κ2) is 5.87. The molecular weight excluding hydrogens is 328 g/mol. The fourth-order valence-electron chi connectivity index (χ4n) is 4.83. The average molecular weight is 348 g/mol. The molecule has 1 saturated carbocycles. The molecule has 2 aromatic rings. The van der Waals surface area contributed by atoms with Crippen LogP contribution >= 0.6 is 0 Å². The molecule has 0 radical (unpaired) electrons. The van der Waals surface area contributed by atoms with E-state index in [-0.39, 0.29) is 17.6 Å². The number of nitrogens with one attached hydrogen (secondary N) is 1. The number of furan rings is 1. The average Bonchev–Trinajstić information content (AvgIpc) is 3.43. The third-order valence-corrected chi connectivity index (χ3v) is 6.06. The zero-order valence-corrected chi connectivity index (χ0v) is 14.3. The number of hydrogen-bond acceptors (Lipinski definition) is 3. The van der Waals surface area contributed by atoms with Gasteiger partial charge in [0.2, 0.25) is 0 Å². The Kier molecular flexibility index (Phi) is 3.48. The smallest absolute Gasteiger partial charge is 0.291 e. The molecule has 3 aliphatic rings. The van der Waals surface area contributed by atoms with Gasteiger partial charge in [-0.15, -0.1) is 0 Å². The second-order valence-electron chi connectivity index (χ2n) is 7.50. The molecular formula is C21H20N2O3. The van der Waals surface area contributed by atoms with Crippen molar-refractivity contribution >= 4 is 17.5 Å². The van der Waals surface area contributed by atoms with E-state index in [1.807, 2.05) is 11.0 Å². The molecule has 2 aliphatic carbocycles. The van der Waals surface area contributed by atoms with Gasteiger partial charge in [-0.25, -0.2) is 0 Å². The van der Waals surface area contributed by atoms with Gasteiger partial charge in [-0.1, -0.05) is 18.2 Å². The molecule has 1 saturated heterocycles. The third kappa shape index (κ3) is 2.46. The van der Waals surface area contributed by atoms with Crippen molar-refractivity contribution < 1.29 is 14.0 Å². The Morgan fingerprint density at radius 1 is 1.04 bits per heavy atom. The van der Waals surface area contributed by atoms with Crippen molar-refractivity contribution in [2.24, 2.45) is 23.7 Å². The van der Waals surface area contributed by atoms with Crippen LogP contribution in [0.3, 0.4) is 0 Å². The fourth-order valence-corrected chi connectivity index (χ4v) is 4.83. The number of rotatable bonds is 3. The van der Waals surface area contributed by atoms with Crippen LogP contribution < -0.4 is 5.32 Å². The molecule has 0 spiro atoms. The molecule has 5 rings (SSSR count). The van der Waals surface area contributed by atoms with E-state index in [9.17, 15) is 9.59 Å². The van der Waals surface area contributed by atoms with Gasteiger partial charge in [-0.3, -0.25) is 9.59 Å². The summed E-state index contributed by atoms with van der Waals surface area (Å²) in [5.41, 5.74) is 1.21. The van der Waals surface area contributed by atoms with E-state index < -0.39 is 0 Å². The third-order valence-electron chi connectivity index (χ3n) is 6.06. The first kappa shape index (κ1) is 15.4. The van der Waals surface area contributed by atoms with E-state index in [0.29, 0.717) is 34.9 Å². The highest BCUT2D eigenvalue weighted by Gasteiger charge is 2.50. The Labute approximate surface area is 151 Å². The number of anilines is 1.